The molecular formula is C12H19NO3. The molecule has 4 heteroatoms. The molecule has 0 aromatic carbocycles. The lowest BCUT2D eigenvalue weighted by molar-refractivity contribution is -0.162. The van der Waals surface area contributed by atoms with E-state index < -0.39 is 11.4 Å². The van der Waals surface area contributed by atoms with E-state index in [1.54, 1.807) is 0 Å². The van der Waals surface area contributed by atoms with Crippen molar-refractivity contribution in [3.8, 4) is 0 Å². The van der Waals surface area contributed by atoms with E-state index in [1.165, 1.54) is 0 Å². The van der Waals surface area contributed by atoms with Crippen molar-refractivity contribution in [3.05, 3.63) is 0 Å². The Morgan fingerprint density at radius 1 is 1.31 bits per heavy atom. The summed E-state index contributed by atoms with van der Waals surface area (Å²) in [6.07, 6.45) is 4.95. The molecule has 2 N–H and O–H groups in total. The standard InChI is InChI=1S/C12H19NO3/c1-8-3-4-9(7-8)13-10(14)12(11(15)16)5-2-6-12/h8-9H,2-7H2,1H3,(H,13,14)(H,15,16). The lowest BCUT2D eigenvalue weighted by Gasteiger charge is -2.36. The van der Waals surface area contributed by atoms with Gasteiger partial charge in [0, 0.05) is 6.04 Å². The molecule has 2 fully saturated rings. The molecule has 2 atom stereocenters. The fraction of sp³-hybridized carbons (Fsp3) is 0.833. The Morgan fingerprint density at radius 3 is 2.38 bits per heavy atom. The summed E-state index contributed by atoms with van der Waals surface area (Å²) in [6, 6.07) is 0.194. The van der Waals surface area contributed by atoms with Gasteiger partial charge in [0.1, 0.15) is 5.41 Å². The first-order chi connectivity index (χ1) is 7.54. The van der Waals surface area contributed by atoms with Crippen LogP contribution in [-0.2, 0) is 9.59 Å². The minimum Gasteiger partial charge on any atom is -0.480 e. The van der Waals surface area contributed by atoms with Gasteiger partial charge in [0.15, 0.2) is 0 Å². The largest absolute Gasteiger partial charge is 0.480 e. The number of carbonyl (C=O) groups excluding carboxylic acids is 1. The molecule has 0 saturated heterocycles. The Balaban J connectivity index is 1.94. The number of aliphatic carboxylic acids is 1. The maximum atomic E-state index is 12.0. The van der Waals surface area contributed by atoms with Gasteiger partial charge in [-0.05, 0) is 38.0 Å². The summed E-state index contributed by atoms with van der Waals surface area (Å²) < 4.78 is 0. The summed E-state index contributed by atoms with van der Waals surface area (Å²) >= 11 is 0. The topological polar surface area (TPSA) is 66.4 Å². The van der Waals surface area contributed by atoms with Gasteiger partial charge in [0.25, 0.3) is 0 Å². The van der Waals surface area contributed by atoms with Crippen LogP contribution in [0.5, 0.6) is 0 Å². The highest BCUT2D eigenvalue weighted by atomic mass is 16.4. The SMILES string of the molecule is CC1CCC(NC(=O)C2(C(=O)O)CCC2)C1. The molecule has 0 bridgehead atoms. The third-order valence-corrected chi connectivity index (χ3v) is 4.08. The fourth-order valence-electron chi connectivity index (χ4n) is 2.73. The zero-order valence-corrected chi connectivity index (χ0v) is 9.66. The van der Waals surface area contributed by atoms with Crippen LogP contribution in [0.3, 0.4) is 0 Å². The van der Waals surface area contributed by atoms with Crippen molar-refractivity contribution < 1.29 is 14.7 Å². The maximum Gasteiger partial charge on any atom is 0.319 e. The third-order valence-electron chi connectivity index (χ3n) is 4.08. The van der Waals surface area contributed by atoms with Gasteiger partial charge in [-0.1, -0.05) is 13.3 Å². The maximum absolute atomic E-state index is 12.0. The number of carbonyl (C=O) groups is 2. The summed E-state index contributed by atoms with van der Waals surface area (Å²) in [5.74, 6) is -0.569. The van der Waals surface area contributed by atoms with E-state index in [9.17, 15) is 9.59 Å². The van der Waals surface area contributed by atoms with Crippen LogP contribution in [0.2, 0.25) is 0 Å². The van der Waals surface area contributed by atoms with E-state index in [1.807, 2.05) is 0 Å². The Bertz CT molecular complexity index is 309. The lowest BCUT2D eigenvalue weighted by Crippen LogP contribution is -2.53. The van der Waals surface area contributed by atoms with Crippen molar-refractivity contribution in [2.75, 3.05) is 0 Å². The van der Waals surface area contributed by atoms with Crippen LogP contribution >= 0.6 is 0 Å². The van der Waals surface area contributed by atoms with Gasteiger partial charge in [-0.25, -0.2) is 0 Å². The second kappa shape index (κ2) is 4.07. The Labute approximate surface area is 95.4 Å². The summed E-state index contributed by atoms with van der Waals surface area (Å²) in [6.45, 7) is 2.17. The molecule has 2 unspecified atom stereocenters. The molecular weight excluding hydrogens is 206 g/mol. The van der Waals surface area contributed by atoms with Crippen molar-refractivity contribution in [1.82, 2.24) is 5.32 Å². The molecule has 0 spiro atoms. The molecule has 0 aromatic rings. The van der Waals surface area contributed by atoms with Crippen LogP contribution in [0.1, 0.15) is 45.4 Å². The highest BCUT2D eigenvalue weighted by Gasteiger charge is 2.51. The molecule has 2 saturated carbocycles. The summed E-state index contributed by atoms with van der Waals surface area (Å²) in [5, 5.41) is 12.0. The number of hydrogen-bond acceptors (Lipinski definition) is 2. The van der Waals surface area contributed by atoms with E-state index >= 15 is 0 Å². The average molecular weight is 225 g/mol. The van der Waals surface area contributed by atoms with Crippen molar-refractivity contribution in [2.24, 2.45) is 11.3 Å². The molecule has 90 valence electrons. The Kier molecular flexibility index (Phi) is 2.91. The molecule has 0 aromatic heterocycles. The molecule has 0 radical (unpaired) electrons. The fourth-order valence-corrected chi connectivity index (χ4v) is 2.73. The van der Waals surface area contributed by atoms with E-state index in [2.05, 4.69) is 12.2 Å². The van der Waals surface area contributed by atoms with Gasteiger partial charge in [0.05, 0.1) is 0 Å². The van der Waals surface area contributed by atoms with Crippen LogP contribution in [0.15, 0.2) is 0 Å². The first-order valence-electron chi connectivity index (χ1n) is 6.09. The number of hydrogen-bond donors (Lipinski definition) is 2. The number of nitrogens with one attached hydrogen (secondary N) is 1. The quantitative estimate of drug-likeness (QED) is 0.716. The predicted molar refractivity (Wildman–Crippen MR) is 58.9 cm³/mol. The molecule has 0 heterocycles. The van der Waals surface area contributed by atoms with Gasteiger partial charge in [-0.15, -0.1) is 0 Å². The van der Waals surface area contributed by atoms with Crippen LogP contribution in [0.25, 0.3) is 0 Å². The first kappa shape index (κ1) is 11.4. The van der Waals surface area contributed by atoms with Crippen LogP contribution < -0.4 is 5.32 Å². The minimum absolute atomic E-state index is 0.194. The lowest BCUT2D eigenvalue weighted by atomic mass is 9.68. The molecule has 0 aliphatic heterocycles. The second-order valence-corrected chi connectivity index (χ2v) is 5.33. The highest BCUT2D eigenvalue weighted by molar-refractivity contribution is 6.02. The number of carboxylic acids is 1. The van der Waals surface area contributed by atoms with Gasteiger partial charge >= 0.3 is 5.97 Å². The second-order valence-electron chi connectivity index (χ2n) is 5.33. The number of amides is 1. The Morgan fingerprint density at radius 2 is 2.00 bits per heavy atom. The first-order valence-corrected chi connectivity index (χ1v) is 6.09. The van der Waals surface area contributed by atoms with E-state index in [4.69, 9.17) is 5.11 Å². The summed E-state index contributed by atoms with van der Waals surface area (Å²) in [7, 11) is 0. The van der Waals surface area contributed by atoms with Gasteiger partial charge < -0.3 is 10.4 Å². The molecule has 2 rings (SSSR count). The van der Waals surface area contributed by atoms with Crippen molar-refractivity contribution in [3.63, 3.8) is 0 Å². The monoisotopic (exact) mass is 225 g/mol. The molecule has 2 aliphatic carbocycles. The highest BCUT2D eigenvalue weighted by Crippen LogP contribution is 2.41. The zero-order valence-electron chi connectivity index (χ0n) is 9.66. The summed E-state index contributed by atoms with van der Waals surface area (Å²) in [4.78, 5) is 23.1. The van der Waals surface area contributed by atoms with Gasteiger partial charge in [0.2, 0.25) is 5.91 Å². The molecule has 4 nitrogen and oxygen atoms in total. The van der Waals surface area contributed by atoms with Crippen molar-refractivity contribution in [1.29, 1.82) is 0 Å². The number of carboxylic acid groups (broad SMARTS) is 1. The number of rotatable bonds is 3. The smallest absolute Gasteiger partial charge is 0.319 e. The minimum atomic E-state index is -1.11. The predicted octanol–water partition coefficient (Wildman–Crippen LogP) is 1.55. The van der Waals surface area contributed by atoms with E-state index in [0.717, 1.165) is 25.7 Å². The van der Waals surface area contributed by atoms with Crippen LogP contribution in [0.4, 0.5) is 0 Å². The molecule has 2 aliphatic rings. The van der Waals surface area contributed by atoms with Gasteiger partial charge in [-0.3, -0.25) is 9.59 Å². The van der Waals surface area contributed by atoms with E-state index in [0.29, 0.717) is 18.8 Å². The Hall–Kier alpha value is -1.06. The van der Waals surface area contributed by atoms with Crippen molar-refractivity contribution >= 4 is 11.9 Å². The molecule has 1 amide bonds. The van der Waals surface area contributed by atoms with E-state index in [-0.39, 0.29) is 11.9 Å². The van der Waals surface area contributed by atoms with Crippen molar-refractivity contribution in [2.45, 2.75) is 51.5 Å². The van der Waals surface area contributed by atoms with Gasteiger partial charge in [-0.2, -0.15) is 0 Å². The van der Waals surface area contributed by atoms with Crippen LogP contribution in [0, 0.1) is 11.3 Å². The average Bonchev–Trinajstić information content (AvgIpc) is 2.47. The zero-order chi connectivity index (χ0) is 11.8. The normalized spacial score (nSPS) is 31.8. The van der Waals surface area contributed by atoms with Crippen LogP contribution in [-0.4, -0.2) is 23.0 Å². The third kappa shape index (κ3) is 1.81. The molecule has 16 heavy (non-hydrogen) atoms. The summed E-state index contributed by atoms with van der Waals surface area (Å²) in [5.41, 5.74) is -1.11.